The van der Waals surface area contributed by atoms with E-state index in [0.29, 0.717) is 0 Å². The van der Waals surface area contributed by atoms with Crippen LogP contribution < -0.4 is 5.32 Å². The Labute approximate surface area is 119 Å². The molecule has 0 atom stereocenters. The van der Waals surface area contributed by atoms with Crippen molar-refractivity contribution in [1.82, 2.24) is 10.3 Å². The number of nitrogens with one attached hydrogen (secondary N) is 1. The molecule has 0 aliphatic heterocycles. The lowest BCUT2D eigenvalue weighted by molar-refractivity contribution is 0.431. The summed E-state index contributed by atoms with van der Waals surface area (Å²) in [7, 11) is 0. The maximum Gasteiger partial charge on any atom is 0.0976 e. The van der Waals surface area contributed by atoms with Gasteiger partial charge in [0.05, 0.1) is 15.2 Å². The number of nitrogens with zero attached hydrogens (tertiary/aromatic N) is 1. The molecule has 0 aliphatic carbocycles. The Hall–Kier alpha value is -1.19. The highest BCUT2D eigenvalue weighted by molar-refractivity contribution is 7.18. The molecule has 19 heavy (non-hydrogen) atoms. The summed E-state index contributed by atoms with van der Waals surface area (Å²) >= 11 is 1.79. The molecule has 1 aromatic carbocycles. The Morgan fingerprint density at radius 3 is 2.74 bits per heavy atom. The highest BCUT2D eigenvalue weighted by atomic mass is 32.1. The highest BCUT2D eigenvalue weighted by Crippen LogP contribution is 2.21. The van der Waals surface area contributed by atoms with Crippen molar-refractivity contribution in [3.05, 3.63) is 41.4 Å². The minimum atomic E-state index is 0.209. The summed E-state index contributed by atoms with van der Waals surface area (Å²) in [5, 5.41) is 4.67. The van der Waals surface area contributed by atoms with Gasteiger partial charge in [-0.05, 0) is 45.9 Å². The molecule has 102 valence electrons. The van der Waals surface area contributed by atoms with E-state index >= 15 is 0 Å². The van der Waals surface area contributed by atoms with Crippen LogP contribution in [0.15, 0.2) is 36.4 Å². The molecule has 2 nitrogen and oxygen atoms in total. The first-order chi connectivity index (χ1) is 9.04. The second-order valence-corrected chi connectivity index (χ2v) is 6.83. The van der Waals surface area contributed by atoms with E-state index in [1.165, 1.54) is 9.71 Å². The van der Waals surface area contributed by atoms with Gasteiger partial charge in [0.25, 0.3) is 0 Å². The number of hydrogen-bond donors (Lipinski definition) is 1. The SMILES string of the molecule is CC(C)(C)NCCC=CCc1nc2ccccc2s1. The number of para-hydroxylation sites is 1. The van der Waals surface area contributed by atoms with Gasteiger partial charge in [-0.15, -0.1) is 11.3 Å². The molecular weight excluding hydrogens is 252 g/mol. The molecular formula is C16H22N2S. The zero-order chi connectivity index (χ0) is 13.7. The largest absolute Gasteiger partial charge is 0.312 e. The van der Waals surface area contributed by atoms with Crippen LogP contribution in [0, 0.1) is 0 Å². The van der Waals surface area contributed by atoms with Gasteiger partial charge < -0.3 is 5.32 Å². The monoisotopic (exact) mass is 274 g/mol. The second-order valence-electron chi connectivity index (χ2n) is 5.72. The topological polar surface area (TPSA) is 24.9 Å². The van der Waals surface area contributed by atoms with E-state index in [4.69, 9.17) is 0 Å². The maximum absolute atomic E-state index is 4.62. The van der Waals surface area contributed by atoms with Gasteiger partial charge in [-0.2, -0.15) is 0 Å². The Morgan fingerprint density at radius 2 is 2.00 bits per heavy atom. The normalized spacial score (nSPS) is 12.6. The predicted molar refractivity (Wildman–Crippen MR) is 84.8 cm³/mol. The fourth-order valence-electron chi connectivity index (χ4n) is 1.84. The van der Waals surface area contributed by atoms with Gasteiger partial charge in [-0.25, -0.2) is 4.98 Å². The molecule has 0 amide bonds. The average Bonchev–Trinajstić information content (AvgIpc) is 2.74. The summed E-state index contributed by atoms with van der Waals surface area (Å²) in [4.78, 5) is 4.62. The van der Waals surface area contributed by atoms with Crippen molar-refractivity contribution < 1.29 is 0 Å². The molecule has 0 saturated heterocycles. The third-order valence-electron chi connectivity index (χ3n) is 2.76. The van der Waals surface area contributed by atoms with Crippen LogP contribution in [0.4, 0.5) is 0 Å². The number of thiazole rings is 1. The lowest BCUT2D eigenvalue weighted by Crippen LogP contribution is -2.36. The van der Waals surface area contributed by atoms with Crippen LogP contribution in [0.3, 0.4) is 0 Å². The van der Waals surface area contributed by atoms with Crippen molar-refractivity contribution in [2.75, 3.05) is 6.54 Å². The molecule has 0 saturated carbocycles. The zero-order valence-electron chi connectivity index (χ0n) is 11.9. The minimum Gasteiger partial charge on any atom is -0.312 e. The summed E-state index contributed by atoms with van der Waals surface area (Å²) in [6.07, 6.45) is 6.48. The summed E-state index contributed by atoms with van der Waals surface area (Å²) < 4.78 is 1.28. The van der Waals surface area contributed by atoms with Gasteiger partial charge in [0.2, 0.25) is 0 Å². The fraction of sp³-hybridized carbons (Fsp3) is 0.438. The number of benzene rings is 1. The van der Waals surface area contributed by atoms with Crippen molar-refractivity contribution in [3.8, 4) is 0 Å². The van der Waals surface area contributed by atoms with Crippen LogP contribution in [0.2, 0.25) is 0 Å². The Bertz CT molecular complexity index is 516. The summed E-state index contributed by atoms with van der Waals surface area (Å²) in [5.41, 5.74) is 1.33. The van der Waals surface area contributed by atoms with Crippen molar-refractivity contribution in [2.45, 2.75) is 39.2 Å². The smallest absolute Gasteiger partial charge is 0.0976 e. The first-order valence-corrected chi connectivity index (χ1v) is 7.61. The number of allylic oxidation sites excluding steroid dienone is 1. The van der Waals surface area contributed by atoms with Crippen LogP contribution >= 0.6 is 11.3 Å². The standard InChI is InChI=1S/C16H22N2S/c1-16(2,3)17-12-8-4-5-11-15-18-13-9-6-7-10-14(13)19-15/h4-7,9-10,17H,8,11-12H2,1-3H3. The van der Waals surface area contributed by atoms with Crippen molar-refractivity contribution in [1.29, 1.82) is 0 Å². The molecule has 0 unspecified atom stereocenters. The van der Waals surface area contributed by atoms with Crippen LogP contribution in [-0.4, -0.2) is 17.1 Å². The highest BCUT2D eigenvalue weighted by Gasteiger charge is 2.06. The molecule has 0 spiro atoms. The van der Waals surface area contributed by atoms with E-state index < -0.39 is 0 Å². The molecule has 0 fully saturated rings. The van der Waals surface area contributed by atoms with Crippen molar-refractivity contribution in [2.24, 2.45) is 0 Å². The number of rotatable bonds is 5. The lowest BCUT2D eigenvalue weighted by atomic mass is 10.1. The van der Waals surface area contributed by atoms with Crippen LogP contribution in [0.5, 0.6) is 0 Å². The molecule has 3 heteroatoms. The van der Waals surface area contributed by atoms with E-state index in [-0.39, 0.29) is 5.54 Å². The molecule has 1 heterocycles. The molecule has 0 radical (unpaired) electrons. The predicted octanol–water partition coefficient (Wildman–Crippen LogP) is 4.17. The van der Waals surface area contributed by atoms with Crippen LogP contribution in [0.1, 0.15) is 32.2 Å². The maximum atomic E-state index is 4.62. The van der Waals surface area contributed by atoms with E-state index in [2.05, 4.69) is 61.4 Å². The third-order valence-corrected chi connectivity index (χ3v) is 3.82. The number of aromatic nitrogens is 1. The van der Waals surface area contributed by atoms with Gasteiger partial charge in [0.15, 0.2) is 0 Å². The molecule has 2 aromatic rings. The Kier molecular flexibility index (Phi) is 4.72. The van der Waals surface area contributed by atoms with Crippen molar-refractivity contribution in [3.63, 3.8) is 0 Å². The zero-order valence-corrected chi connectivity index (χ0v) is 12.8. The van der Waals surface area contributed by atoms with E-state index in [9.17, 15) is 0 Å². The molecule has 1 aromatic heterocycles. The minimum absolute atomic E-state index is 0.209. The average molecular weight is 274 g/mol. The molecule has 2 rings (SSSR count). The molecule has 0 aliphatic rings. The third kappa shape index (κ3) is 4.77. The Morgan fingerprint density at radius 1 is 1.21 bits per heavy atom. The van der Waals surface area contributed by atoms with Gasteiger partial charge >= 0.3 is 0 Å². The second kappa shape index (κ2) is 6.31. The number of hydrogen-bond acceptors (Lipinski definition) is 3. The van der Waals surface area contributed by atoms with Crippen molar-refractivity contribution >= 4 is 21.6 Å². The molecule has 1 N–H and O–H groups in total. The van der Waals surface area contributed by atoms with Gasteiger partial charge in [-0.1, -0.05) is 24.3 Å². The van der Waals surface area contributed by atoms with E-state index in [0.717, 1.165) is 24.9 Å². The fourth-order valence-corrected chi connectivity index (χ4v) is 2.78. The van der Waals surface area contributed by atoms with Gasteiger partial charge in [0.1, 0.15) is 0 Å². The number of fused-ring (bicyclic) bond motifs is 1. The van der Waals surface area contributed by atoms with Gasteiger partial charge in [-0.3, -0.25) is 0 Å². The van der Waals surface area contributed by atoms with Gasteiger partial charge in [0, 0.05) is 12.0 Å². The first-order valence-electron chi connectivity index (χ1n) is 6.79. The van der Waals surface area contributed by atoms with E-state index in [1.807, 2.05) is 6.07 Å². The first kappa shape index (κ1) is 14.2. The summed E-state index contributed by atoms with van der Waals surface area (Å²) in [6, 6.07) is 8.32. The molecule has 0 bridgehead atoms. The lowest BCUT2D eigenvalue weighted by Gasteiger charge is -2.19. The van der Waals surface area contributed by atoms with Crippen LogP contribution in [0.25, 0.3) is 10.2 Å². The summed E-state index contributed by atoms with van der Waals surface area (Å²) in [6.45, 7) is 7.60. The summed E-state index contributed by atoms with van der Waals surface area (Å²) in [5.74, 6) is 0. The van der Waals surface area contributed by atoms with Crippen LogP contribution in [-0.2, 0) is 6.42 Å². The Balaban J connectivity index is 1.79. The quantitative estimate of drug-likeness (QED) is 0.654. The van der Waals surface area contributed by atoms with E-state index in [1.54, 1.807) is 11.3 Å².